The lowest BCUT2D eigenvalue weighted by molar-refractivity contribution is 0.183. The summed E-state index contributed by atoms with van der Waals surface area (Å²) in [6, 6.07) is 15.4. The molecular weight excluding hydrogens is 346 g/mol. The van der Waals surface area contributed by atoms with Crippen LogP contribution < -0.4 is 20.5 Å². The standard InChI is InChI=1S/C20H25N3O2S/c1-24-17-6-4-5-16(13-17)22-20(26)23-11-9-15(10-12-23)14-25-19-8-3-2-7-18(19)21/h2-8,13,15H,9-12,14,21H2,1H3,(H,22,26). The molecule has 0 saturated carbocycles. The third-order valence-electron chi connectivity index (χ3n) is 4.62. The van der Waals surface area contributed by atoms with Crippen molar-refractivity contribution < 1.29 is 9.47 Å². The molecule has 1 aliphatic rings. The van der Waals surface area contributed by atoms with E-state index in [1.54, 1.807) is 7.11 Å². The number of nitrogens with one attached hydrogen (secondary N) is 1. The Bertz CT molecular complexity index is 745. The van der Waals surface area contributed by atoms with Gasteiger partial charge in [0.2, 0.25) is 0 Å². The van der Waals surface area contributed by atoms with Crippen molar-refractivity contribution in [3.63, 3.8) is 0 Å². The minimum atomic E-state index is 0.519. The maximum absolute atomic E-state index is 5.92. The molecular formula is C20H25N3O2S. The molecule has 2 aromatic carbocycles. The number of thiocarbonyl (C=S) groups is 1. The van der Waals surface area contributed by atoms with E-state index in [1.807, 2.05) is 48.5 Å². The predicted molar refractivity (Wildman–Crippen MR) is 110 cm³/mol. The van der Waals surface area contributed by atoms with E-state index in [9.17, 15) is 0 Å². The van der Waals surface area contributed by atoms with Crippen LogP contribution in [-0.4, -0.2) is 36.8 Å². The SMILES string of the molecule is COc1cccc(NC(=S)N2CCC(COc3ccccc3N)CC2)c1. The summed E-state index contributed by atoms with van der Waals surface area (Å²) >= 11 is 5.56. The van der Waals surface area contributed by atoms with Gasteiger partial charge in [-0.15, -0.1) is 0 Å². The molecule has 3 N–H and O–H groups in total. The molecule has 0 aliphatic carbocycles. The molecule has 26 heavy (non-hydrogen) atoms. The highest BCUT2D eigenvalue weighted by Gasteiger charge is 2.21. The number of rotatable bonds is 5. The van der Waals surface area contributed by atoms with Crippen LogP contribution in [0.5, 0.6) is 11.5 Å². The number of nitrogens with two attached hydrogens (primary N) is 1. The molecule has 0 bridgehead atoms. The van der Waals surface area contributed by atoms with Gasteiger partial charge in [0, 0.05) is 24.8 Å². The Labute approximate surface area is 160 Å². The average Bonchev–Trinajstić information content (AvgIpc) is 2.68. The molecule has 0 spiro atoms. The third kappa shape index (κ3) is 4.79. The molecule has 6 heteroatoms. The number of likely N-dealkylation sites (tertiary alicyclic amines) is 1. The third-order valence-corrected chi connectivity index (χ3v) is 4.98. The molecule has 1 heterocycles. The van der Waals surface area contributed by atoms with Crippen molar-refractivity contribution in [1.29, 1.82) is 0 Å². The Morgan fingerprint density at radius 2 is 1.96 bits per heavy atom. The first-order valence-electron chi connectivity index (χ1n) is 8.83. The number of anilines is 2. The molecule has 1 fully saturated rings. The van der Waals surface area contributed by atoms with Crippen LogP contribution in [0.25, 0.3) is 0 Å². The molecule has 2 aromatic rings. The quantitative estimate of drug-likeness (QED) is 0.616. The fourth-order valence-electron chi connectivity index (χ4n) is 3.03. The van der Waals surface area contributed by atoms with Crippen LogP contribution in [0.2, 0.25) is 0 Å². The first-order chi connectivity index (χ1) is 12.7. The van der Waals surface area contributed by atoms with E-state index in [0.717, 1.165) is 48.2 Å². The van der Waals surface area contributed by atoms with Crippen molar-refractivity contribution in [3.8, 4) is 11.5 Å². The van der Waals surface area contributed by atoms with E-state index in [1.165, 1.54) is 0 Å². The van der Waals surface area contributed by atoms with Gasteiger partial charge in [0.25, 0.3) is 0 Å². The number of para-hydroxylation sites is 2. The lowest BCUT2D eigenvalue weighted by atomic mass is 9.98. The summed E-state index contributed by atoms with van der Waals surface area (Å²) in [5, 5.41) is 4.05. The van der Waals surface area contributed by atoms with Gasteiger partial charge in [0.05, 0.1) is 19.4 Å². The lowest BCUT2D eigenvalue weighted by Gasteiger charge is -2.33. The smallest absolute Gasteiger partial charge is 0.173 e. The number of piperidine rings is 1. The molecule has 3 rings (SSSR count). The number of nitrogens with zero attached hydrogens (tertiary/aromatic N) is 1. The second-order valence-corrected chi connectivity index (χ2v) is 6.83. The summed E-state index contributed by atoms with van der Waals surface area (Å²) in [5.74, 6) is 2.10. The number of methoxy groups -OCH3 is 1. The summed E-state index contributed by atoms with van der Waals surface area (Å²) in [7, 11) is 1.66. The Morgan fingerprint density at radius 3 is 2.69 bits per heavy atom. The van der Waals surface area contributed by atoms with Gasteiger partial charge in [-0.3, -0.25) is 0 Å². The van der Waals surface area contributed by atoms with Gasteiger partial charge in [-0.25, -0.2) is 0 Å². The number of nitrogen functional groups attached to an aromatic ring is 1. The Balaban J connectivity index is 1.45. The molecule has 1 saturated heterocycles. The van der Waals surface area contributed by atoms with Gasteiger partial charge >= 0.3 is 0 Å². The van der Waals surface area contributed by atoms with Crippen molar-refractivity contribution in [2.75, 3.05) is 37.9 Å². The van der Waals surface area contributed by atoms with Gasteiger partial charge in [-0.05, 0) is 55.2 Å². The second kappa shape index (κ2) is 8.76. The first-order valence-corrected chi connectivity index (χ1v) is 9.24. The van der Waals surface area contributed by atoms with Crippen molar-refractivity contribution >= 4 is 28.7 Å². The van der Waals surface area contributed by atoms with Gasteiger partial charge in [0.15, 0.2) is 5.11 Å². The lowest BCUT2D eigenvalue weighted by Crippen LogP contribution is -2.41. The van der Waals surface area contributed by atoms with Gasteiger partial charge in [-0.2, -0.15) is 0 Å². The monoisotopic (exact) mass is 371 g/mol. The van der Waals surface area contributed by atoms with Crippen molar-refractivity contribution in [3.05, 3.63) is 48.5 Å². The summed E-state index contributed by atoms with van der Waals surface area (Å²) in [6.45, 7) is 2.54. The maximum atomic E-state index is 5.92. The minimum absolute atomic E-state index is 0.519. The molecule has 0 atom stereocenters. The minimum Gasteiger partial charge on any atom is -0.497 e. The summed E-state index contributed by atoms with van der Waals surface area (Å²) in [6.07, 6.45) is 2.10. The molecule has 0 aromatic heterocycles. The van der Waals surface area contributed by atoms with E-state index in [-0.39, 0.29) is 0 Å². The average molecular weight is 372 g/mol. The first kappa shape index (κ1) is 18.3. The number of hydrogen-bond donors (Lipinski definition) is 2. The Hall–Kier alpha value is -2.47. The van der Waals surface area contributed by atoms with E-state index >= 15 is 0 Å². The molecule has 0 radical (unpaired) electrons. The van der Waals surface area contributed by atoms with Crippen LogP contribution in [-0.2, 0) is 0 Å². The van der Waals surface area contributed by atoms with Crippen molar-refractivity contribution in [1.82, 2.24) is 4.90 Å². The fraction of sp³-hybridized carbons (Fsp3) is 0.350. The highest BCUT2D eigenvalue weighted by atomic mass is 32.1. The van der Waals surface area contributed by atoms with Crippen molar-refractivity contribution in [2.45, 2.75) is 12.8 Å². The summed E-state index contributed by atoms with van der Waals surface area (Å²) in [5.41, 5.74) is 7.56. The highest BCUT2D eigenvalue weighted by Crippen LogP contribution is 2.24. The van der Waals surface area contributed by atoms with Crippen LogP contribution in [0.3, 0.4) is 0 Å². The second-order valence-electron chi connectivity index (χ2n) is 6.44. The van der Waals surface area contributed by atoms with Crippen LogP contribution >= 0.6 is 12.2 Å². The molecule has 5 nitrogen and oxygen atoms in total. The number of hydrogen-bond acceptors (Lipinski definition) is 4. The van der Waals surface area contributed by atoms with E-state index < -0.39 is 0 Å². The Kier molecular flexibility index (Phi) is 6.17. The predicted octanol–water partition coefficient (Wildman–Crippen LogP) is 3.77. The maximum Gasteiger partial charge on any atom is 0.173 e. The van der Waals surface area contributed by atoms with Gasteiger partial charge < -0.3 is 25.4 Å². The van der Waals surface area contributed by atoms with Crippen LogP contribution in [0, 0.1) is 5.92 Å². The zero-order chi connectivity index (χ0) is 18.4. The summed E-state index contributed by atoms with van der Waals surface area (Å²) < 4.78 is 11.1. The largest absolute Gasteiger partial charge is 0.497 e. The Morgan fingerprint density at radius 1 is 1.19 bits per heavy atom. The molecule has 0 unspecified atom stereocenters. The fourth-order valence-corrected chi connectivity index (χ4v) is 3.33. The highest BCUT2D eigenvalue weighted by molar-refractivity contribution is 7.80. The van der Waals surface area contributed by atoms with Crippen LogP contribution in [0.4, 0.5) is 11.4 Å². The molecule has 1 aliphatic heterocycles. The zero-order valence-electron chi connectivity index (χ0n) is 15.0. The molecule has 138 valence electrons. The van der Waals surface area contributed by atoms with E-state index in [0.29, 0.717) is 18.2 Å². The van der Waals surface area contributed by atoms with Gasteiger partial charge in [0.1, 0.15) is 11.5 Å². The van der Waals surface area contributed by atoms with E-state index in [4.69, 9.17) is 27.4 Å². The normalized spacial score (nSPS) is 14.7. The van der Waals surface area contributed by atoms with E-state index in [2.05, 4.69) is 10.2 Å². The van der Waals surface area contributed by atoms with Crippen LogP contribution in [0.15, 0.2) is 48.5 Å². The van der Waals surface area contributed by atoms with Gasteiger partial charge in [-0.1, -0.05) is 18.2 Å². The number of ether oxygens (including phenoxy) is 2. The summed E-state index contributed by atoms with van der Waals surface area (Å²) in [4.78, 5) is 2.21. The van der Waals surface area contributed by atoms with Crippen LogP contribution in [0.1, 0.15) is 12.8 Å². The molecule has 0 amide bonds. The van der Waals surface area contributed by atoms with Crippen molar-refractivity contribution in [2.24, 2.45) is 5.92 Å². The topological polar surface area (TPSA) is 59.8 Å². The number of benzene rings is 2. The zero-order valence-corrected chi connectivity index (χ0v) is 15.8.